The summed E-state index contributed by atoms with van der Waals surface area (Å²) in [6, 6.07) is 0. The molecule has 0 rings (SSSR count). The Kier molecular flexibility index (Phi) is 31.2. The molecule has 0 aromatic heterocycles. The lowest BCUT2D eigenvalue weighted by Crippen LogP contribution is -1.89. The molecule has 0 radical (unpaired) electrons. The molecule has 0 bridgehead atoms. The predicted molar refractivity (Wildman–Crippen MR) is 70.7 cm³/mol. The average molecular weight is 198 g/mol. The van der Waals surface area contributed by atoms with E-state index in [1.807, 2.05) is 34.6 Å². The lowest BCUT2D eigenvalue weighted by atomic mass is 10.0. The number of hydrogen-bond donors (Lipinski definition) is 0. The Morgan fingerprint density at radius 2 is 1.29 bits per heavy atom. The molecule has 0 fully saturated rings. The van der Waals surface area contributed by atoms with E-state index >= 15 is 0 Å². The molecule has 86 valence electrons. The van der Waals surface area contributed by atoms with Crippen LogP contribution < -0.4 is 0 Å². The van der Waals surface area contributed by atoms with E-state index in [0.717, 1.165) is 5.92 Å². The Morgan fingerprint density at radius 1 is 0.857 bits per heavy atom. The van der Waals surface area contributed by atoms with Crippen LogP contribution in [0.15, 0.2) is 24.3 Å². The summed E-state index contributed by atoms with van der Waals surface area (Å²) in [5.74, 6) is 0.774. The molecule has 0 spiro atoms. The molecule has 0 saturated carbocycles. The molecule has 0 heterocycles. The van der Waals surface area contributed by atoms with Gasteiger partial charge in [0.1, 0.15) is 0 Å². The maximum absolute atomic E-state index is 2.28. The van der Waals surface area contributed by atoms with E-state index in [2.05, 4.69) is 38.2 Å². The van der Waals surface area contributed by atoms with Gasteiger partial charge in [-0.05, 0) is 25.7 Å². The maximum Gasteiger partial charge on any atom is -0.0236 e. The monoisotopic (exact) mass is 198 g/mol. The Balaban J connectivity index is -0.000000266. The molecule has 0 amide bonds. The highest BCUT2D eigenvalue weighted by atomic mass is 14.0. The predicted octanol–water partition coefficient (Wildman–Crippen LogP) is 5.61. The van der Waals surface area contributed by atoms with Gasteiger partial charge in [-0.1, -0.05) is 65.8 Å². The third-order valence-electron chi connectivity index (χ3n) is 1.74. The Bertz CT molecular complexity index is 105. The van der Waals surface area contributed by atoms with Crippen LogP contribution in [0, 0.1) is 5.92 Å². The Morgan fingerprint density at radius 3 is 1.57 bits per heavy atom. The van der Waals surface area contributed by atoms with Gasteiger partial charge in [-0.15, -0.1) is 0 Å². The molecule has 0 heteroatoms. The molecule has 0 atom stereocenters. The van der Waals surface area contributed by atoms with Gasteiger partial charge in [-0.2, -0.15) is 0 Å². The van der Waals surface area contributed by atoms with Gasteiger partial charge in [-0.3, -0.25) is 0 Å². The van der Waals surface area contributed by atoms with Gasteiger partial charge in [0.15, 0.2) is 0 Å². The van der Waals surface area contributed by atoms with Gasteiger partial charge >= 0.3 is 0 Å². The van der Waals surface area contributed by atoms with Crippen molar-refractivity contribution in [2.24, 2.45) is 5.92 Å². The molecule has 0 aromatic carbocycles. The molecule has 14 heavy (non-hydrogen) atoms. The van der Waals surface area contributed by atoms with Gasteiger partial charge in [-0.25, -0.2) is 0 Å². The van der Waals surface area contributed by atoms with Gasteiger partial charge in [0, 0.05) is 0 Å². The fraction of sp³-hybridized carbons (Fsp3) is 0.714. The van der Waals surface area contributed by atoms with Crippen LogP contribution in [0.2, 0.25) is 0 Å². The molecule has 0 saturated heterocycles. The molecule has 0 unspecified atom stereocenters. The number of rotatable bonds is 4. The van der Waals surface area contributed by atoms with Crippen molar-refractivity contribution in [2.45, 2.75) is 61.3 Å². The van der Waals surface area contributed by atoms with Crippen LogP contribution in [0.4, 0.5) is 0 Å². The van der Waals surface area contributed by atoms with E-state index in [-0.39, 0.29) is 0 Å². The van der Waals surface area contributed by atoms with Crippen molar-refractivity contribution in [3.8, 4) is 0 Å². The first-order valence-electron chi connectivity index (χ1n) is 6.14. The summed E-state index contributed by atoms with van der Waals surface area (Å²) < 4.78 is 0. The fourth-order valence-electron chi connectivity index (χ4n) is 0.893. The van der Waals surface area contributed by atoms with E-state index in [4.69, 9.17) is 0 Å². The van der Waals surface area contributed by atoms with Crippen LogP contribution in [0.5, 0.6) is 0 Å². The summed E-state index contributed by atoms with van der Waals surface area (Å²) in [6.07, 6.45) is 11.1. The highest BCUT2D eigenvalue weighted by Crippen LogP contribution is 2.08. The zero-order valence-corrected chi connectivity index (χ0v) is 11.3. The summed E-state index contributed by atoms with van der Waals surface area (Å²) >= 11 is 0. The van der Waals surface area contributed by atoms with Gasteiger partial charge in [0.25, 0.3) is 0 Å². The summed E-state index contributed by atoms with van der Waals surface area (Å²) in [5.41, 5.74) is 0. The van der Waals surface area contributed by atoms with E-state index < -0.39 is 0 Å². The topological polar surface area (TPSA) is 0 Å². The van der Waals surface area contributed by atoms with E-state index in [1.54, 1.807) is 0 Å². The third-order valence-corrected chi connectivity index (χ3v) is 1.74. The minimum Gasteiger partial charge on any atom is -0.0877 e. The quantitative estimate of drug-likeness (QED) is 0.515. The van der Waals surface area contributed by atoms with Crippen LogP contribution in [-0.4, -0.2) is 0 Å². The first-order valence-corrected chi connectivity index (χ1v) is 6.14. The van der Waals surface area contributed by atoms with E-state index in [0.29, 0.717) is 0 Å². The van der Waals surface area contributed by atoms with Gasteiger partial charge in [0.05, 0.1) is 0 Å². The third kappa shape index (κ3) is 17.5. The Labute approximate surface area is 92.1 Å². The number of hydrogen-bond acceptors (Lipinski definition) is 0. The van der Waals surface area contributed by atoms with Crippen molar-refractivity contribution in [1.82, 2.24) is 0 Å². The molecule has 0 aliphatic heterocycles. The van der Waals surface area contributed by atoms with E-state index in [9.17, 15) is 0 Å². The molecule has 0 nitrogen and oxygen atoms in total. The fourth-order valence-corrected chi connectivity index (χ4v) is 0.893. The van der Waals surface area contributed by atoms with Crippen molar-refractivity contribution in [3.05, 3.63) is 24.3 Å². The van der Waals surface area contributed by atoms with E-state index in [1.165, 1.54) is 12.8 Å². The average Bonchev–Trinajstić information content (AvgIpc) is 2.30. The molecular formula is C14H30. The zero-order chi connectivity index (χ0) is 11.8. The lowest BCUT2D eigenvalue weighted by molar-refractivity contribution is 0.606. The van der Waals surface area contributed by atoms with Gasteiger partial charge < -0.3 is 0 Å². The van der Waals surface area contributed by atoms with Crippen LogP contribution in [0.1, 0.15) is 61.3 Å². The zero-order valence-electron chi connectivity index (χ0n) is 11.3. The molecule has 0 aromatic rings. The molecule has 0 aliphatic rings. The molecular weight excluding hydrogens is 168 g/mol. The van der Waals surface area contributed by atoms with Gasteiger partial charge in [0.2, 0.25) is 0 Å². The second-order valence-corrected chi connectivity index (χ2v) is 2.49. The largest absolute Gasteiger partial charge is 0.0877 e. The highest BCUT2D eigenvalue weighted by molar-refractivity contribution is 5.02. The van der Waals surface area contributed by atoms with Crippen molar-refractivity contribution in [2.75, 3.05) is 0 Å². The van der Waals surface area contributed by atoms with Crippen LogP contribution in [0.25, 0.3) is 0 Å². The second-order valence-electron chi connectivity index (χ2n) is 2.49. The smallest absolute Gasteiger partial charge is 0.0236 e. The van der Waals surface area contributed by atoms with Crippen LogP contribution in [-0.2, 0) is 0 Å². The highest BCUT2D eigenvalue weighted by Gasteiger charge is 1.94. The summed E-state index contributed by atoms with van der Waals surface area (Å²) in [4.78, 5) is 0. The summed E-state index contributed by atoms with van der Waals surface area (Å²) in [7, 11) is 0. The second kappa shape index (κ2) is 22.9. The number of allylic oxidation sites excluding steroid dienone is 4. The first-order chi connectivity index (χ1) is 6.85. The molecule has 0 aliphatic carbocycles. The lowest BCUT2D eigenvalue weighted by Gasteiger charge is -2.02. The summed E-state index contributed by atoms with van der Waals surface area (Å²) in [5, 5.41) is 0. The maximum atomic E-state index is 2.28. The van der Waals surface area contributed by atoms with Crippen molar-refractivity contribution in [1.29, 1.82) is 0 Å². The summed E-state index contributed by atoms with van der Waals surface area (Å²) in [6.45, 7) is 14.5. The minimum absolute atomic E-state index is 0.774. The first kappa shape index (κ1) is 19.1. The molecule has 0 N–H and O–H groups in total. The minimum atomic E-state index is 0.774. The normalized spacial score (nSPS) is 9.71. The van der Waals surface area contributed by atoms with Crippen molar-refractivity contribution >= 4 is 0 Å². The van der Waals surface area contributed by atoms with Crippen molar-refractivity contribution < 1.29 is 0 Å². The van der Waals surface area contributed by atoms with Crippen molar-refractivity contribution in [3.63, 3.8) is 0 Å². The van der Waals surface area contributed by atoms with Crippen LogP contribution >= 0.6 is 0 Å². The SMILES string of the molecule is C/C=C\C=C/C(CC)CC.CC.CC. The van der Waals surface area contributed by atoms with Crippen LogP contribution in [0.3, 0.4) is 0 Å². The standard InChI is InChI=1S/C10H18.2C2H6/c1-4-7-8-9-10(5-2)6-3;2*1-2/h4,7-10H,5-6H2,1-3H3;2*1-2H3/b7-4-,9-8-;;. The Hall–Kier alpha value is -0.520.